The first-order valence-electron chi connectivity index (χ1n) is 11.0. The van der Waals surface area contributed by atoms with Gasteiger partial charge in [0, 0.05) is 19.8 Å². The first-order chi connectivity index (χ1) is 16.3. The second kappa shape index (κ2) is 8.49. The summed E-state index contributed by atoms with van der Waals surface area (Å²) in [6, 6.07) is 6.21. The third-order valence-electron chi connectivity index (χ3n) is 5.53. The molecule has 1 aromatic carbocycles. The molecule has 0 atom stereocenters. The fourth-order valence-electron chi connectivity index (χ4n) is 3.94. The number of amides is 1. The van der Waals surface area contributed by atoms with Crippen molar-refractivity contribution in [2.75, 3.05) is 6.54 Å². The number of carbonyl (C=O) groups is 3. The van der Waals surface area contributed by atoms with Gasteiger partial charge >= 0.3 is 6.09 Å². The molecule has 0 aliphatic heterocycles. The maximum atomic E-state index is 13.5. The first-order valence-corrected chi connectivity index (χ1v) is 12.4. The predicted molar refractivity (Wildman–Crippen MR) is 126 cm³/mol. The summed E-state index contributed by atoms with van der Waals surface area (Å²) in [5.41, 5.74) is 0.399. The van der Waals surface area contributed by atoms with Gasteiger partial charge < -0.3 is 10.1 Å². The smallest absolute Gasteiger partial charge is 0.407 e. The van der Waals surface area contributed by atoms with E-state index in [0.29, 0.717) is 5.56 Å². The molecule has 1 N–H and O–H groups in total. The average molecular weight is 499 g/mol. The average Bonchev–Trinajstić information content (AvgIpc) is 3.33. The van der Waals surface area contributed by atoms with Crippen molar-refractivity contribution in [3.05, 3.63) is 70.3 Å². The molecule has 2 heterocycles. The quantitative estimate of drug-likeness (QED) is 0.448. The lowest BCUT2D eigenvalue weighted by Gasteiger charge is -2.19. The van der Waals surface area contributed by atoms with E-state index in [4.69, 9.17) is 4.74 Å². The number of ether oxygens (including phenoxy) is 1. The molecule has 2 aromatic heterocycles. The van der Waals surface area contributed by atoms with Gasteiger partial charge in [-0.15, -0.1) is 0 Å². The van der Waals surface area contributed by atoms with E-state index < -0.39 is 33.3 Å². The highest BCUT2D eigenvalue weighted by atomic mass is 32.2. The summed E-state index contributed by atoms with van der Waals surface area (Å²) >= 11 is 0. The van der Waals surface area contributed by atoms with Crippen LogP contribution in [0, 0.1) is 6.92 Å². The molecular weight excluding hydrogens is 472 g/mol. The van der Waals surface area contributed by atoms with Gasteiger partial charge in [0.25, 0.3) is 10.0 Å². The molecule has 0 saturated carbocycles. The van der Waals surface area contributed by atoms with Gasteiger partial charge in [0.2, 0.25) is 11.6 Å². The topological polar surface area (TPSA) is 129 Å². The standard InChI is InChI=1S/C24H26N4O6S/c1-14-6-8-16(9-7-14)35(32,33)28-13-15(10-11-25-23(31)34-24(2,3)4)18-20(28)21(29)17-12-26-27(5)19(17)22(18)30/h6-9,12-13H,10-11H2,1-5H3,(H,25,31). The predicted octanol–water partition coefficient (Wildman–Crippen LogP) is 2.61. The fraction of sp³-hybridized carbons (Fsp3) is 0.333. The van der Waals surface area contributed by atoms with E-state index in [1.165, 1.54) is 29.2 Å². The van der Waals surface area contributed by atoms with Crippen LogP contribution in [0.2, 0.25) is 0 Å². The van der Waals surface area contributed by atoms with Gasteiger partial charge in [-0.05, 0) is 51.8 Å². The number of fused-ring (bicyclic) bond motifs is 2. The van der Waals surface area contributed by atoms with Crippen LogP contribution >= 0.6 is 0 Å². The molecule has 1 aliphatic carbocycles. The first kappa shape index (κ1) is 24.4. The van der Waals surface area contributed by atoms with Gasteiger partial charge in [0.15, 0.2) is 0 Å². The van der Waals surface area contributed by atoms with Crippen molar-refractivity contribution >= 4 is 27.7 Å². The Hall–Kier alpha value is -3.73. The minimum Gasteiger partial charge on any atom is -0.444 e. The lowest BCUT2D eigenvalue weighted by molar-refractivity contribution is 0.0528. The number of aromatic nitrogens is 3. The lowest BCUT2D eigenvalue weighted by atomic mass is 9.90. The minimum atomic E-state index is -4.19. The van der Waals surface area contributed by atoms with Crippen LogP contribution in [-0.4, -0.2) is 52.0 Å². The monoisotopic (exact) mass is 498 g/mol. The van der Waals surface area contributed by atoms with E-state index in [-0.39, 0.29) is 40.4 Å². The van der Waals surface area contributed by atoms with E-state index in [9.17, 15) is 22.8 Å². The SMILES string of the molecule is Cc1ccc(S(=O)(=O)n2cc(CCNC(=O)OC(C)(C)C)c3c2C(=O)c2cnn(C)c2C3=O)cc1. The Morgan fingerprint density at radius 2 is 1.74 bits per heavy atom. The highest BCUT2D eigenvalue weighted by Crippen LogP contribution is 2.33. The Kier molecular flexibility index (Phi) is 5.92. The molecule has 0 radical (unpaired) electrons. The van der Waals surface area contributed by atoms with Crippen LogP contribution in [-0.2, 0) is 28.2 Å². The molecule has 0 saturated heterocycles. The Morgan fingerprint density at radius 3 is 2.37 bits per heavy atom. The van der Waals surface area contributed by atoms with Crippen molar-refractivity contribution in [2.24, 2.45) is 7.05 Å². The van der Waals surface area contributed by atoms with Crippen LogP contribution in [0.4, 0.5) is 4.79 Å². The third-order valence-corrected chi connectivity index (χ3v) is 7.21. The van der Waals surface area contributed by atoms with E-state index in [1.807, 2.05) is 6.92 Å². The number of ketones is 2. The second-order valence-electron chi connectivity index (χ2n) is 9.36. The molecular formula is C24H26N4O6S. The summed E-state index contributed by atoms with van der Waals surface area (Å²) in [7, 11) is -2.65. The van der Waals surface area contributed by atoms with Crippen molar-refractivity contribution in [2.45, 2.75) is 44.6 Å². The van der Waals surface area contributed by atoms with Gasteiger partial charge in [-0.1, -0.05) is 17.7 Å². The van der Waals surface area contributed by atoms with E-state index in [0.717, 1.165) is 9.54 Å². The maximum absolute atomic E-state index is 13.5. The molecule has 1 amide bonds. The number of rotatable bonds is 5. The number of aryl methyl sites for hydroxylation is 2. The summed E-state index contributed by atoms with van der Waals surface area (Å²) in [5.74, 6) is -1.11. The molecule has 0 unspecified atom stereocenters. The normalized spacial score (nSPS) is 13.4. The second-order valence-corrected chi connectivity index (χ2v) is 11.2. The van der Waals surface area contributed by atoms with Crippen LogP contribution in [0.25, 0.3) is 0 Å². The van der Waals surface area contributed by atoms with E-state index in [1.54, 1.807) is 40.0 Å². The van der Waals surface area contributed by atoms with Crippen LogP contribution in [0.5, 0.6) is 0 Å². The molecule has 4 rings (SSSR count). The summed E-state index contributed by atoms with van der Waals surface area (Å²) in [4.78, 5) is 38.8. The number of nitrogens with zero attached hydrogens (tertiary/aromatic N) is 3. The molecule has 1 aliphatic rings. The van der Waals surface area contributed by atoms with Gasteiger partial charge in [0.05, 0.1) is 22.2 Å². The molecule has 35 heavy (non-hydrogen) atoms. The number of carbonyl (C=O) groups excluding carboxylic acids is 3. The van der Waals surface area contributed by atoms with Crippen LogP contribution in [0.3, 0.4) is 0 Å². The van der Waals surface area contributed by atoms with Crippen molar-refractivity contribution in [3.8, 4) is 0 Å². The maximum Gasteiger partial charge on any atom is 0.407 e. The van der Waals surface area contributed by atoms with Crippen LogP contribution < -0.4 is 5.32 Å². The third kappa shape index (κ3) is 4.39. The molecule has 0 fully saturated rings. The highest BCUT2D eigenvalue weighted by Gasteiger charge is 2.40. The van der Waals surface area contributed by atoms with Gasteiger partial charge in [-0.2, -0.15) is 5.10 Å². The van der Waals surface area contributed by atoms with Crippen LogP contribution in [0.1, 0.15) is 64.0 Å². The zero-order valence-corrected chi connectivity index (χ0v) is 20.9. The molecule has 0 bridgehead atoms. The molecule has 10 nitrogen and oxygen atoms in total. The molecule has 0 spiro atoms. The van der Waals surface area contributed by atoms with Gasteiger partial charge in [-0.25, -0.2) is 17.2 Å². The zero-order chi connectivity index (χ0) is 25.7. The number of hydrogen-bond acceptors (Lipinski definition) is 7. The number of alkyl carbamates (subject to hydrolysis) is 1. The lowest BCUT2D eigenvalue weighted by Crippen LogP contribution is -2.33. The van der Waals surface area contributed by atoms with Gasteiger partial charge in [0.1, 0.15) is 17.0 Å². The van der Waals surface area contributed by atoms with E-state index in [2.05, 4.69) is 10.4 Å². The number of hydrogen-bond donors (Lipinski definition) is 1. The summed E-state index contributed by atoms with van der Waals surface area (Å²) in [6.45, 7) is 7.09. The van der Waals surface area contributed by atoms with E-state index >= 15 is 0 Å². The summed E-state index contributed by atoms with van der Waals surface area (Å²) in [5, 5.41) is 6.61. The van der Waals surface area contributed by atoms with Crippen molar-refractivity contribution in [3.63, 3.8) is 0 Å². The number of nitrogens with one attached hydrogen (secondary N) is 1. The minimum absolute atomic E-state index is 0.00669. The zero-order valence-electron chi connectivity index (χ0n) is 20.1. The summed E-state index contributed by atoms with van der Waals surface area (Å²) in [6.07, 6.45) is 2.00. The van der Waals surface area contributed by atoms with Gasteiger partial charge in [-0.3, -0.25) is 14.3 Å². The molecule has 11 heteroatoms. The summed E-state index contributed by atoms with van der Waals surface area (Å²) < 4.78 is 34.4. The van der Waals surface area contributed by atoms with Crippen molar-refractivity contribution < 1.29 is 27.5 Å². The van der Waals surface area contributed by atoms with Crippen molar-refractivity contribution in [1.29, 1.82) is 0 Å². The Balaban J connectivity index is 1.78. The van der Waals surface area contributed by atoms with Crippen molar-refractivity contribution in [1.82, 2.24) is 19.1 Å². The molecule has 184 valence electrons. The Labute approximate surface area is 202 Å². The Bertz CT molecular complexity index is 1460. The highest BCUT2D eigenvalue weighted by molar-refractivity contribution is 7.90. The number of benzene rings is 1. The largest absolute Gasteiger partial charge is 0.444 e. The fourth-order valence-corrected chi connectivity index (χ4v) is 5.32. The Morgan fingerprint density at radius 1 is 1.09 bits per heavy atom. The van der Waals surface area contributed by atoms with Crippen LogP contribution in [0.15, 0.2) is 41.6 Å². The molecule has 3 aromatic rings.